The van der Waals surface area contributed by atoms with Crippen molar-refractivity contribution in [3.63, 3.8) is 0 Å². The van der Waals surface area contributed by atoms with Crippen molar-refractivity contribution >= 4 is 11.8 Å². The summed E-state index contributed by atoms with van der Waals surface area (Å²) in [5, 5.41) is 0. The van der Waals surface area contributed by atoms with E-state index in [9.17, 15) is 9.59 Å². The molecule has 0 unspecified atom stereocenters. The maximum atomic E-state index is 13.9. The number of carbonyl (C=O) groups excluding carboxylic acids is 2. The Morgan fingerprint density at radius 3 is 2.00 bits per heavy atom. The largest absolute Gasteiger partial charge is 0.497 e. The Morgan fingerprint density at radius 2 is 1.44 bits per heavy atom. The van der Waals surface area contributed by atoms with Gasteiger partial charge in [0, 0.05) is 23.1 Å². The maximum Gasteiger partial charge on any atom is 0.314 e. The van der Waals surface area contributed by atoms with Crippen molar-refractivity contribution in [3.8, 4) is 40.2 Å². The Bertz CT molecular complexity index is 1480. The van der Waals surface area contributed by atoms with Crippen LogP contribution in [-0.4, -0.2) is 54.1 Å². The lowest BCUT2D eigenvalue weighted by Crippen LogP contribution is -2.35. The van der Waals surface area contributed by atoms with E-state index in [0.717, 1.165) is 0 Å². The van der Waals surface area contributed by atoms with Gasteiger partial charge in [-0.15, -0.1) is 0 Å². The average Bonchev–Trinajstić information content (AvgIpc) is 3.47. The van der Waals surface area contributed by atoms with Gasteiger partial charge in [-0.25, -0.2) is 0 Å². The lowest BCUT2D eigenvalue weighted by Gasteiger charge is -2.34. The highest BCUT2D eigenvalue weighted by atomic mass is 16.7. The number of ether oxygens (including phenoxy) is 8. The van der Waals surface area contributed by atoms with Crippen LogP contribution in [0.2, 0.25) is 0 Å². The second-order valence-electron chi connectivity index (χ2n) is 9.39. The van der Waals surface area contributed by atoms with E-state index in [0.29, 0.717) is 62.5 Å². The Kier molecular flexibility index (Phi) is 7.65. The lowest BCUT2D eigenvalue weighted by atomic mass is 9.69. The Morgan fingerprint density at radius 1 is 0.829 bits per heavy atom. The van der Waals surface area contributed by atoms with Crippen molar-refractivity contribution in [2.24, 2.45) is 5.92 Å². The molecule has 0 saturated carbocycles. The highest BCUT2D eigenvalue weighted by molar-refractivity contribution is 6.14. The molecule has 0 saturated heterocycles. The number of Topliss-reactive ketones (excluding diaryl/α,β-unsaturated/α-hetero) is 1. The summed E-state index contributed by atoms with van der Waals surface area (Å²) in [6.07, 6.45) is 0. The molecule has 0 N–H and O–H groups in total. The number of rotatable bonds is 9. The second kappa shape index (κ2) is 11.3. The summed E-state index contributed by atoms with van der Waals surface area (Å²) in [6.45, 7) is 3.99. The van der Waals surface area contributed by atoms with Gasteiger partial charge in [-0.1, -0.05) is 6.58 Å². The fourth-order valence-electron chi connectivity index (χ4n) is 5.23. The van der Waals surface area contributed by atoms with Gasteiger partial charge in [-0.2, -0.15) is 0 Å². The molecular formula is C31H30O10. The van der Waals surface area contributed by atoms with Crippen molar-refractivity contribution < 1.29 is 47.5 Å². The van der Waals surface area contributed by atoms with Crippen LogP contribution in [-0.2, 0) is 16.1 Å². The minimum Gasteiger partial charge on any atom is -0.497 e. The second-order valence-corrected chi connectivity index (χ2v) is 9.39. The van der Waals surface area contributed by atoms with Gasteiger partial charge >= 0.3 is 5.97 Å². The first kappa shape index (κ1) is 27.7. The van der Waals surface area contributed by atoms with Crippen molar-refractivity contribution in [3.05, 3.63) is 76.9 Å². The first-order valence-electron chi connectivity index (χ1n) is 12.7. The predicted octanol–water partition coefficient (Wildman–Crippen LogP) is 4.70. The summed E-state index contributed by atoms with van der Waals surface area (Å²) < 4.78 is 44.3. The van der Waals surface area contributed by atoms with E-state index in [-0.39, 0.29) is 24.8 Å². The molecule has 1 heterocycles. The summed E-state index contributed by atoms with van der Waals surface area (Å²) in [6, 6.07) is 12.0. The van der Waals surface area contributed by atoms with E-state index in [1.807, 2.05) is 0 Å². The number of methoxy groups -OCH3 is 5. The summed E-state index contributed by atoms with van der Waals surface area (Å²) in [5.41, 5.74) is 2.28. The molecule has 0 bridgehead atoms. The van der Waals surface area contributed by atoms with Gasteiger partial charge in [0.05, 0.1) is 41.5 Å². The van der Waals surface area contributed by atoms with E-state index in [1.165, 1.54) is 35.5 Å². The van der Waals surface area contributed by atoms with Crippen LogP contribution >= 0.6 is 0 Å². The van der Waals surface area contributed by atoms with E-state index in [2.05, 4.69) is 6.58 Å². The SMILES string of the molecule is C=C1C(=O)c2cc3c(cc2[C@@H](c2cc(OC)c(OC)c(OC)c2)[C@H]1C(=O)OCc1cc(OC)cc(OC)c1)OCO3. The zero-order valence-corrected chi connectivity index (χ0v) is 23.4. The van der Waals surface area contributed by atoms with Crippen LogP contribution < -0.4 is 33.2 Å². The van der Waals surface area contributed by atoms with Gasteiger partial charge in [0.2, 0.25) is 12.5 Å². The van der Waals surface area contributed by atoms with Gasteiger partial charge < -0.3 is 37.9 Å². The molecule has 214 valence electrons. The van der Waals surface area contributed by atoms with Gasteiger partial charge in [-0.3, -0.25) is 9.59 Å². The summed E-state index contributed by atoms with van der Waals surface area (Å²) >= 11 is 0. The van der Waals surface area contributed by atoms with Crippen molar-refractivity contribution in [2.75, 3.05) is 42.3 Å². The number of hydrogen-bond acceptors (Lipinski definition) is 10. The normalized spacial score (nSPS) is 17.0. The Hall–Kier alpha value is -4.86. The number of fused-ring (bicyclic) bond motifs is 2. The monoisotopic (exact) mass is 562 g/mol. The quantitative estimate of drug-likeness (QED) is 0.269. The van der Waals surface area contributed by atoms with E-state index in [4.69, 9.17) is 37.9 Å². The number of hydrogen-bond donors (Lipinski definition) is 0. The standard InChI is InChI=1S/C31H30O10/c1-16-27(31(33)39-14-17-7-19(34-2)11-20(8-17)35-3)28(18-9-25(36-4)30(38-6)26(10-18)37-5)21-12-23-24(41-15-40-23)13-22(21)29(16)32/h7-13,27-28H,1,14-15H2,2-6H3/t27-,28+/m0/s1. The molecule has 10 heteroatoms. The van der Waals surface area contributed by atoms with Crippen molar-refractivity contribution in [1.82, 2.24) is 0 Å². The summed E-state index contributed by atoms with van der Waals surface area (Å²) in [4.78, 5) is 27.4. The molecular weight excluding hydrogens is 532 g/mol. The van der Waals surface area contributed by atoms with Crippen molar-refractivity contribution in [2.45, 2.75) is 12.5 Å². The number of benzene rings is 3. The first-order valence-corrected chi connectivity index (χ1v) is 12.7. The number of carbonyl (C=O) groups is 2. The van der Waals surface area contributed by atoms with Gasteiger partial charge in [0.25, 0.3) is 0 Å². The fourth-order valence-corrected chi connectivity index (χ4v) is 5.23. The molecule has 0 aromatic heterocycles. The fraction of sp³-hybridized carbons (Fsp3) is 0.290. The zero-order valence-electron chi connectivity index (χ0n) is 23.4. The highest BCUT2D eigenvalue weighted by Crippen LogP contribution is 2.50. The van der Waals surface area contributed by atoms with Crippen LogP contribution in [0, 0.1) is 5.92 Å². The molecule has 41 heavy (non-hydrogen) atoms. The third kappa shape index (κ3) is 4.97. The van der Waals surface area contributed by atoms with Crippen molar-refractivity contribution in [1.29, 1.82) is 0 Å². The van der Waals surface area contributed by atoms with Gasteiger partial charge in [-0.05, 0) is 53.1 Å². The predicted molar refractivity (Wildman–Crippen MR) is 147 cm³/mol. The smallest absolute Gasteiger partial charge is 0.314 e. The minimum atomic E-state index is -1.06. The van der Waals surface area contributed by atoms with Crippen LogP contribution in [0.3, 0.4) is 0 Å². The molecule has 3 aromatic carbocycles. The average molecular weight is 563 g/mol. The third-order valence-corrected chi connectivity index (χ3v) is 7.22. The molecule has 1 aliphatic heterocycles. The molecule has 0 fully saturated rings. The number of esters is 1. The maximum absolute atomic E-state index is 13.9. The third-order valence-electron chi connectivity index (χ3n) is 7.22. The summed E-state index contributed by atoms with van der Waals surface area (Å²) in [7, 11) is 7.58. The highest BCUT2D eigenvalue weighted by Gasteiger charge is 2.45. The Balaban J connectivity index is 1.61. The molecule has 2 aliphatic rings. The van der Waals surface area contributed by atoms with E-state index < -0.39 is 17.8 Å². The Labute approximate surface area is 237 Å². The molecule has 3 aromatic rings. The van der Waals surface area contributed by atoms with E-state index >= 15 is 0 Å². The molecule has 0 radical (unpaired) electrons. The van der Waals surface area contributed by atoms with Crippen LogP contribution in [0.5, 0.6) is 40.2 Å². The van der Waals surface area contributed by atoms with Gasteiger partial charge in [0.15, 0.2) is 28.8 Å². The molecule has 1 aliphatic carbocycles. The van der Waals surface area contributed by atoms with Crippen LogP contribution in [0.4, 0.5) is 0 Å². The lowest BCUT2D eigenvalue weighted by molar-refractivity contribution is -0.149. The summed E-state index contributed by atoms with van der Waals surface area (Å²) in [5.74, 6) is 0.404. The van der Waals surface area contributed by atoms with Crippen LogP contribution in [0.15, 0.2) is 54.6 Å². The van der Waals surface area contributed by atoms with Crippen LogP contribution in [0.1, 0.15) is 33.0 Å². The molecule has 2 atom stereocenters. The topological polar surface area (TPSA) is 108 Å². The van der Waals surface area contributed by atoms with Crippen LogP contribution in [0.25, 0.3) is 0 Å². The minimum absolute atomic E-state index is 0.0255. The van der Waals surface area contributed by atoms with E-state index in [1.54, 1.807) is 42.5 Å². The van der Waals surface area contributed by atoms with Gasteiger partial charge in [0.1, 0.15) is 18.1 Å². The molecule has 0 spiro atoms. The zero-order chi connectivity index (χ0) is 29.3. The molecule has 5 rings (SSSR count). The first-order chi connectivity index (χ1) is 19.8. The molecule has 10 nitrogen and oxygen atoms in total. The molecule has 0 amide bonds. The number of ketones is 1.